The van der Waals surface area contributed by atoms with Crippen molar-refractivity contribution in [2.75, 3.05) is 17.7 Å². The Morgan fingerprint density at radius 1 is 0.879 bits per heavy atom. The van der Waals surface area contributed by atoms with Crippen LogP contribution in [0.2, 0.25) is 0 Å². The van der Waals surface area contributed by atoms with Gasteiger partial charge in [-0.05, 0) is 48.5 Å². The number of benzene rings is 3. The monoisotopic (exact) mass is 436 g/mol. The molecular weight excluding hydrogens is 416 g/mol. The van der Waals surface area contributed by atoms with Crippen molar-refractivity contribution < 1.29 is 9.53 Å². The predicted octanol–water partition coefficient (Wildman–Crippen LogP) is 5.08. The fourth-order valence-corrected chi connectivity index (χ4v) is 3.83. The first-order valence-electron chi connectivity index (χ1n) is 10.4. The summed E-state index contributed by atoms with van der Waals surface area (Å²) in [5.74, 6) is 0.270. The van der Waals surface area contributed by atoms with Gasteiger partial charge in [-0.15, -0.1) is 0 Å². The number of carbonyl (C=O) groups excluding carboxylic acids is 1. The van der Waals surface area contributed by atoms with Crippen LogP contribution in [0.15, 0.2) is 89.9 Å². The molecule has 0 saturated carbocycles. The van der Waals surface area contributed by atoms with Crippen LogP contribution in [0.1, 0.15) is 10.4 Å². The van der Waals surface area contributed by atoms with Crippen molar-refractivity contribution in [3.8, 4) is 5.75 Å². The first kappa shape index (κ1) is 20.3. The number of nitrogens with zero attached hydrogens (tertiary/aromatic N) is 1. The van der Waals surface area contributed by atoms with Gasteiger partial charge in [0.25, 0.3) is 11.5 Å². The van der Waals surface area contributed by atoms with Crippen molar-refractivity contribution >= 4 is 44.8 Å². The third-order valence-electron chi connectivity index (χ3n) is 5.40. The third kappa shape index (κ3) is 3.87. The highest BCUT2D eigenvalue weighted by molar-refractivity contribution is 6.11. The van der Waals surface area contributed by atoms with Crippen molar-refractivity contribution in [1.82, 2.24) is 9.97 Å². The number of aromatic amines is 1. The van der Waals surface area contributed by atoms with Crippen molar-refractivity contribution in [2.45, 2.75) is 0 Å². The summed E-state index contributed by atoms with van der Waals surface area (Å²) in [6.45, 7) is 0. The van der Waals surface area contributed by atoms with E-state index in [0.29, 0.717) is 28.0 Å². The molecule has 3 aromatic carbocycles. The topological polar surface area (TPSA) is 96.1 Å². The number of methoxy groups -OCH3 is 1. The third-order valence-corrected chi connectivity index (χ3v) is 5.40. The summed E-state index contributed by atoms with van der Waals surface area (Å²) in [7, 11) is 1.54. The Balaban J connectivity index is 1.43. The smallest absolute Gasteiger partial charge is 0.259 e. The SMILES string of the molecule is COc1ccccc1C(=O)Nc1ccc(Nc2ccnc3[nH]c(=O)c4ccccc4c23)cc1. The minimum absolute atomic E-state index is 0.169. The number of para-hydroxylation sites is 1. The van der Waals surface area contributed by atoms with Gasteiger partial charge in [0.2, 0.25) is 0 Å². The number of rotatable bonds is 5. The maximum absolute atomic E-state index is 12.6. The van der Waals surface area contributed by atoms with Crippen LogP contribution in [-0.4, -0.2) is 23.0 Å². The number of nitrogens with one attached hydrogen (secondary N) is 3. The predicted molar refractivity (Wildman–Crippen MR) is 131 cm³/mol. The summed E-state index contributed by atoms with van der Waals surface area (Å²) in [5.41, 5.74) is 3.12. The Morgan fingerprint density at radius 3 is 2.36 bits per heavy atom. The Hall–Kier alpha value is -4.65. The summed E-state index contributed by atoms with van der Waals surface area (Å²) in [5, 5.41) is 8.55. The van der Waals surface area contributed by atoms with Crippen LogP contribution in [0.25, 0.3) is 21.8 Å². The number of ether oxygens (including phenoxy) is 1. The molecule has 0 radical (unpaired) electrons. The van der Waals surface area contributed by atoms with E-state index in [4.69, 9.17) is 4.74 Å². The zero-order valence-corrected chi connectivity index (χ0v) is 17.8. The molecule has 2 aromatic heterocycles. The fourth-order valence-electron chi connectivity index (χ4n) is 3.83. The molecule has 162 valence electrons. The second-order valence-corrected chi connectivity index (χ2v) is 7.44. The standard InChI is InChI=1S/C26H20N4O3/c1-33-22-9-5-4-8-20(22)26(32)29-17-12-10-16(11-13-17)28-21-14-15-27-24-23(21)18-6-2-3-7-19(18)25(31)30-24/h2-15H,1H3,(H,29,32)(H2,27,28,30,31). The van der Waals surface area contributed by atoms with Crippen LogP contribution in [0.4, 0.5) is 17.1 Å². The molecule has 0 aliphatic heterocycles. The molecule has 33 heavy (non-hydrogen) atoms. The number of fused-ring (bicyclic) bond motifs is 3. The number of anilines is 3. The fraction of sp³-hybridized carbons (Fsp3) is 0.0385. The van der Waals surface area contributed by atoms with Crippen molar-refractivity contribution in [3.63, 3.8) is 0 Å². The lowest BCUT2D eigenvalue weighted by Crippen LogP contribution is -2.13. The lowest BCUT2D eigenvalue weighted by atomic mass is 10.1. The van der Waals surface area contributed by atoms with Crippen LogP contribution >= 0.6 is 0 Å². The molecule has 3 N–H and O–H groups in total. The minimum Gasteiger partial charge on any atom is -0.496 e. The first-order chi connectivity index (χ1) is 16.1. The summed E-state index contributed by atoms with van der Waals surface area (Å²) in [6.07, 6.45) is 1.65. The normalized spacial score (nSPS) is 10.8. The Bertz CT molecular complexity index is 1540. The number of H-pyrrole nitrogens is 1. The molecule has 5 aromatic rings. The van der Waals surface area contributed by atoms with Crippen LogP contribution < -0.4 is 20.9 Å². The van der Waals surface area contributed by atoms with Gasteiger partial charge in [0, 0.05) is 33.7 Å². The van der Waals surface area contributed by atoms with E-state index in [9.17, 15) is 9.59 Å². The summed E-state index contributed by atoms with van der Waals surface area (Å²) < 4.78 is 5.26. The van der Waals surface area contributed by atoms with Gasteiger partial charge in [-0.1, -0.05) is 30.3 Å². The highest BCUT2D eigenvalue weighted by atomic mass is 16.5. The average Bonchev–Trinajstić information content (AvgIpc) is 2.85. The molecule has 2 heterocycles. The van der Waals surface area contributed by atoms with Gasteiger partial charge in [-0.2, -0.15) is 0 Å². The molecule has 5 rings (SSSR count). The van der Waals surface area contributed by atoms with Crippen molar-refractivity contribution in [3.05, 3.63) is 101 Å². The highest BCUT2D eigenvalue weighted by Gasteiger charge is 2.12. The number of carbonyl (C=O) groups is 1. The molecule has 0 spiro atoms. The number of pyridine rings is 2. The molecule has 0 fully saturated rings. The zero-order valence-electron chi connectivity index (χ0n) is 17.8. The van der Waals surface area contributed by atoms with Gasteiger partial charge in [0.1, 0.15) is 11.4 Å². The Kier molecular flexibility index (Phi) is 5.20. The molecule has 0 bridgehead atoms. The molecule has 0 atom stereocenters. The van der Waals surface area contributed by atoms with E-state index in [0.717, 1.165) is 22.1 Å². The van der Waals surface area contributed by atoms with E-state index in [1.54, 1.807) is 30.5 Å². The maximum Gasteiger partial charge on any atom is 0.259 e. The lowest BCUT2D eigenvalue weighted by molar-refractivity contribution is 0.102. The highest BCUT2D eigenvalue weighted by Crippen LogP contribution is 2.30. The van der Waals surface area contributed by atoms with Gasteiger partial charge in [-0.25, -0.2) is 4.98 Å². The molecule has 1 amide bonds. The van der Waals surface area contributed by atoms with E-state index in [2.05, 4.69) is 20.6 Å². The summed E-state index contributed by atoms with van der Waals surface area (Å²) in [6, 6.07) is 23.8. The van der Waals surface area contributed by atoms with E-state index < -0.39 is 0 Å². The molecule has 0 aliphatic carbocycles. The molecule has 0 unspecified atom stereocenters. The largest absolute Gasteiger partial charge is 0.496 e. The van der Waals surface area contributed by atoms with Crippen LogP contribution in [-0.2, 0) is 0 Å². The maximum atomic E-state index is 12.6. The van der Waals surface area contributed by atoms with Crippen molar-refractivity contribution in [2.24, 2.45) is 0 Å². The van der Waals surface area contributed by atoms with Gasteiger partial charge in [-0.3, -0.25) is 9.59 Å². The van der Waals surface area contributed by atoms with E-state index in [1.807, 2.05) is 54.6 Å². The number of hydrogen-bond acceptors (Lipinski definition) is 5. The number of amides is 1. The molecule has 7 nitrogen and oxygen atoms in total. The van der Waals surface area contributed by atoms with Crippen LogP contribution in [0.5, 0.6) is 5.75 Å². The number of hydrogen-bond donors (Lipinski definition) is 3. The minimum atomic E-state index is -0.247. The van der Waals surface area contributed by atoms with Crippen molar-refractivity contribution in [1.29, 1.82) is 0 Å². The zero-order chi connectivity index (χ0) is 22.8. The van der Waals surface area contributed by atoms with E-state index in [-0.39, 0.29) is 11.5 Å². The van der Waals surface area contributed by atoms with Gasteiger partial charge < -0.3 is 20.4 Å². The molecule has 0 aliphatic rings. The van der Waals surface area contributed by atoms with Gasteiger partial charge >= 0.3 is 0 Å². The van der Waals surface area contributed by atoms with E-state index >= 15 is 0 Å². The Labute approximate surface area is 189 Å². The van der Waals surface area contributed by atoms with Crippen LogP contribution in [0, 0.1) is 0 Å². The molecule has 7 heteroatoms. The average molecular weight is 436 g/mol. The lowest BCUT2D eigenvalue weighted by Gasteiger charge is -2.13. The summed E-state index contributed by atoms with van der Waals surface area (Å²) >= 11 is 0. The molecule has 0 saturated heterocycles. The summed E-state index contributed by atoms with van der Waals surface area (Å²) in [4.78, 5) is 32.2. The molecular formula is C26H20N4O3. The van der Waals surface area contributed by atoms with Gasteiger partial charge in [0.15, 0.2) is 0 Å². The van der Waals surface area contributed by atoms with Gasteiger partial charge in [0.05, 0.1) is 18.4 Å². The quantitative estimate of drug-likeness (QED) is 0.334. The second kappa shape index (κ2) is 8.47. The first-order valence-corrected chi connectivity index (χ1v) is 10.4. The Morgan fingerprint density at radius 2 is 1.58 bits per heavy atom. The number of aromatic nitrogens is 2. The second-order valence-electron chi connectivity index (χ2n) is 7.44. The van der Waals surface area contributed by atoms with E-state index in [1.165, 1.54) is 7.11 Å². The van der Waals surface area contributed by atoms with Crippen LogP contribution in [0.3, 0.4) is 0 Å².